The first-order chi connectivity index (χ1) is 8.97. The Morgan fingerprint density at radius 3 is 2.74 bits per heavy atom. The van der Waals surface area contributed by atoms with Gasteiger partial charge in [-0.1, -0.05) is 38.2 Å². The van der Waals surface area contributed by atoms with Gasteiger partial charge >= 0.3 is 0 Å². The molecule has 7 heteroatoms. The Kier molecular flexibility index (Phi) is 2.92. The highest BCUT2D eigenvalue weighted by Gasteiger charge is 2.25. The first-order valence-corrected chi connectivity index (χ1v) is 7.68. The Balaban J connectivity index is 2.05. The van der Waals surface area contributed by atoms with E-state index in [1.165, 1.54) is 11.3 Å². The van der Waals surface area contributed by atoms with Crippen molar-refractivity contribution < 1.29 is 0 Å². The largest absolute Gasteiger partial charge is 0.318 e. The van der Waals surface area contributed by atoms with Crippen molar-refractivity contribution in [2.45, 2.75) is 32.2 Å². The van der Waals surface area contributed by atoms with Crippen LogP contribution in [0.15, 0.2) is 17.5 Å². The number of hydrogen-bond acceptors (Lipinski definition) is 6. The molecule has 3 aromatic rings. The van der Waals surface area contributed by atoms with Gasteiger partial charge in [-0.15, -0.1) is 21.5 Å². The van der Waals surface area contributed by atoms with Gasteiger partial charge < -0.3 is 5.73 Å². The highest BCUT2D eigenvalue weighted by Crippen LogP contribution is 2.29. The fourth-order valence-electron chi connectivity index (χ4n) is 1.82. The van der Waals surface area contributed by atoms with E-state index in [9.17, 15) is 0 Å². The van der Waals surface area contributed by atoms with Crippen LogP contribution in [0, 0.1) is 0 Å². The van der Waals surface area contributed by atoms with Crippen LogP contribution in [0.4, 0.5) is 0 Å². The van der Waals surface area contributed by atoms with Crippen molar-refractivity contribution in [3.63, 3.8) is 0 Å². The van der Waals surface area contributed by atoms with E-state index in [0.717, 1.165) is 20.7 Å². The predicted octanol–water partition coefficient (Wildman–Crippen LogP) is 2.59. The zero-order valence-electron chi connectivity index (χ0n) is 11.0. The van der Waals surface area contributed by atoms with Gasteiger partial charge in [-0.3, -0.25) is 0 Å². The van der Waals surface area contributed by atoms with Gasteiger partial charge in [-0.2, -0.15) is 9.61 Å². The molecule has 0 aliphatic rings. The quantitative estimate of drug-likeness (QED) is 0.788. The number of nitrogens with two attached hydrogens (primary N) is 1. The Morgan fingerprint density at radius 1 is 1.32 bits per heavy atom. The molecule has 0 aliphatic heterocycles. The molecule has 0 spiro atoms. The minimum atomic E-state index is -0.181. The monoisotopic (exact) mass is 293 g/mol. The predicted molar refractivity (Wildman–Crippen MR) is 77.7 cm³/mol. The first-order valence-electron chi connectivity index (χ1n) is 5.98. The third-order valence-electron chi connectivity index (χ3n) is 2.79. The van der Waals surface area contributed by atoms with Gasteiger partial charge in [0.05, 0.1) is 6.04 Å². The number of nitrogens with zero attached hydrogens (tertiary/aromatic N) is 4. The van der Waals surface area contributed by atoms with E-state index in [2.05, 4.69) is 36.1 Å². The molecule has 0 saturated carbocycles. The van der Waals surface area contributed by atoms with Crippen LogP contribution >= 0.6 is 22.7 Å². The van der Waals surface area contributed by atoms with Crippen molar-refractivity contribution >= 4 is 27.6 Å². The smallest absolute Gasteiger partial charge is 0.234 e. The lowest BCUT2D eigenvalue weighted by Gasteiger charge is -2.13. The molecule has 1 atom stereocenters. The minimum absolute atomic E-state index is 0.0855. The molecule has 0 bridgehead atoms. The van der Waals surface area contributed by atoms with Gasteiger partial charge in [0.25, 0.3) is 0 Å². The van der Waals surface area contributed by atoms with Gasteiger partial charge in [0, 0.05) is 10.3 Å². The molecule has 19 heavy (non-hydrogen) atoms. The first kappa shape index (κ1) is 12.7. The van der Waals surface area contributed by atoms with Crippen molar-refractivity contribution in [3.8, 4) is 0 Å². The molecule has 100 valence electrons. The van der Waals surface area contributed by atoms with E-state index in [1.54, 1.807) is 11.3 Å². The Bertz CT molecular complexity index is 689. The third kappa shape index (κ3) is 2.18. The molecule has 1 unspecified atom stereocenters. The maximum atomic E-state index is 6.24. The van der Waals surface area contributed by atoms with Gasteiger partial charge in [0.15, 0.2) is 5.82 Å². The molecule has 2 N–H and O–H groups in total. The lowest BCUT2D eigenvalue weighted by atomic mass is 9.96. The molecule has 3 aromatic heterocycles. The summed E-state index contributed by atoms with van der Waals surface area (Å²) in [6.45, 7) is 6.30. The van der Waals surface area contributed by atoms with Gasteiger partial charge in [0.2, 0.25) is 4.96 Å². The molecular weight excluding hydrogens is 278 g/mol. The topological polar surface area (TPSA) is 69.1 Å². The number of rotatable bonds is 2. The van der Waals surface area contributed by atoms with Crippen molar-refractivity contribution in [1.82, 2.24) is 19.8 Å². The van der Waals surface area contributed by atoms with E-state index in [-0.39, 0.29) is 11.5 Å². The maximum Gasteiger partial charge on any atom is 0.234 e. The summed E-state index contributed by atoms with van der Waals surface area (Å²) in [5, 5.41) is 15.9. The van der Waals surface area contributed by atoms with Gasteiger partial charge in [-0.05, 0) is 11.4 Å². The molecule has 0 aromatic carbocycles. The van der Waals surface area contributed by atoms with Crippen molar-refractivity contribution in [3.05, 3.63) is 33.2 Å². The normalized spacial score (nSPS) is 14.1. The van der Waals surface area contributed by atoms with Crippen LogP contribution in [0.5, 0.6) is 0 Å². The molecule has 0 fully saturated rings. The SMILES string of the molecule is CC(C)(C)c1nnc2sc(C(N)c3cccs3)nn12. The van der Waals surface area contributed by atoms with E-state index in [1.807, 2.05) is 22.0 Å². The zero-order chi connectivity index (χ0) is 13.6. The standard InChI is InChI=1S/C12H15N5S2/c1-12(2,3)10-14-15-11-17(10)16-9(19-11)8(13)7-5-4-6-18-7/h4-6,8H,13H2,1-3H3. The highest BCUT2D eigenvalue weighted by molar-refractivity contribution is 7.17. The summed E-state index contributed by atoms with van der Waals surface area (Å²) in [4.78, 5) is 1.91. The Morgan fingerprint density at radius 2 is 2.11 bits per heavy atom. The highest BCUT2D eigenvalue weighted by atomic mass is 32.1. The van der Waals surface area contributed by atoms with Crippen LogP contribution < -0.4 is 5.73 Å². The van der Waals surface area contributed by atoms with Gasteiger partial charge in [0.1, 0.15) is 5.01 Å². The summed E-state index contributed by atoms with van der Waals surface area (Å²) in [6, 6.07) is 3.85. The fourth-order valence-corrected chi connectivity index (χ4v) is 3.48. The minimum Gasteiger partial charge on any atom is -0.318 e. The molecule has 0 saturated heterocycles. The summed E-state index contributed by atoms with van der Waals surface area (Å²) in [5.74, 6) is 0.864. The average molecular weight is 293 g/mol. The van der Waals surface area contributed by atoms with Crippen molar-refractivity contribution in [2.75, 3.05) is 0 Å². The summed E-state index contributed by atoms with van der Waals surface area (Å²) in [6.07, 6.45) is 0. The third-order valence-corrected chi connectivity index (χ3v) is 4.73. The average Bonchev–Trinajstić information content (AvgIpc) is 3.02. The number of fused-ring (bicyclic) bond motifs is 1. The number of thiophene rings is 1. The van der Waals surface area contributed by atoms with Crippen LogP contribution in [0.3, 0.4) is 0 Å². The van der Waals surface area contributed by atoms with Crippen molar-refractivity contribution in [1.29, 1.82) is 0 Å². The molecular formula is C12H15N5S2. The molecule has 0 aliphatic carbocycles. The second kappa shape index (κ2) is 4.36. The maximum absolute atomic E-state index is 6.24. The summed E-state index contributed by atoms with van der Waals surface area (Å²) in [7, 11) is 0. The van der Waals surface area contributed by atoms with Gasteiger partial charge in [-0.25, -0.2) is 0 Å². The molecule has 0 amide bonds. The molecule has 0 radical (unpaired) electrons. The van der Waals surface area contributed by atoms with Crippen LogP contribution in [-0.4, -0.2) is 19.8 Å². The zero-order valence-corrected chi connectivity index (χ0v) is 12.6. The second-order valence-electron chi connectivity index (χ2n) is 5.40. The summed E-state index contributed by atoms with van der Waals surface area (Å²) >= 11 is 3.14. The Labute approximate surface area is 119 Å². The van der Waals surface area contributed by atoms with E-state index in [4.69, 9.17) is 5.73 Å². The number of hydrogen-bond donors (Lipinski definition) is 1. The fraction of sp³-hybridized carbons (Fsp3) is 0.417. The summed E-state index contributed by atoms with van der Waals surface area (Å²) in [5.41, 5.74) is 6.15. The lowest BCUT2D eigenvalue weighted by molar-refractivity contribution is 0.526. The second-order valence-corrected chi connectivity index (χ2v) is 7.37. The van der Waals surface area contributed by atoms with Crippen LogP contribution in [-0.2, 0) is 5.41 Å². The lowest BCUT2D eigenvalue weighted by Crippen LogP contribution is -2.17. The molecule has 3 heterocycles. The van der Waals surface area contributed by atoms with Crippen molar-refractivity contribution in [2.24, 2.45) is 5.73 Å². The van der Waals surface area contributed by atoms with Crippen LogP contribution in [0.25, 0.3) is 4.96 Å². The number of aromatic nitrogens is 4. The Hall–Kier alpha value is -1.31. The molecule has 5 nitrogen and oxygen atoms in total. The van der Waals surface area contributed by atoms with Crippen LogP contribution in [0.1, 0.15) is 42.5 Å². The van der Waals surface area contributed by atoms with E-state index in [0.29, 0.717) is 0 Å². The molecule has 3 rings (SSSR count). The van der Waals surface area contributed by atoms with E-state index < -0.39 is 0 Å². The van der Waals surface area contributed by atoms with Crippen LogP contribution in [0.2, 0.25) is 0 Å². The van der Waals surface area contributed by atoms with E-state index >= 15 is 0 Å². The summed E-state index contributed by atoms with van der Waals surface area (Å²) < 4.78 is 1.81.